The number of hydrogen-bond acceptors (Lipinski definition) is 5. The van der Waals surface area contributed by atoms with Gasteiger partial charge in [0.1, 0.15) is 11.2 Å². The Morgan fingerprint density at radius 1 is 1.06 bits per heavy atom. The predicted molar refractivity (Wildman–Crippen MR) is 132 cm³/mol. The number of fused-ring (bicyclic) bond motifs is 4. The van der Waals surface area contributed by atoms with E-state index in [1.165, 1.54) is 0 Å². The number of halogens is 1. The largest absolute Gasteiger partial charge is 0.370 e. The van der Waals surface area contributed by atoms with Gasteiger partial charge in [-0.05, 0) is 23.8 Å². The Balaban J connectivity index is 1.54. The van der Waals surface area contributed by atoms with Gasteiger partial charge in [-0.1, -0.05) is 34.1 Å². The standard InChI is InChI=1S/C24H18BrN7O/c25-12-4-5-13-14(8-28-17(13)6-12)20-22(33)31-19-15-9-27-16-3-1-2-11(18(15)16)7-24(21(19)30-20)10-29-23(26)32-24/h1-6,8-9,27-28H,7,10H2,(H,31,33)(H3,26,29,32). The first-order chi connectivity index (χ1) is 16.0. The number of H-pyrrole nitrogens is 3. The summed E-state index contributed by atoms with van der Waals surface area (Å²) >= 11 is 3.50. The number of nitrogens with one attached hydrogen (secondary N) is 4. The van der Waals surface area contributed by atoms with Gasteiger partial charge in [-0.2, -0.15) is 0 Å². The van der Waals surface area contributed by atoms with Crippen LogP contribution < -0.4 is 16.6 Å². The van der Waals surface area contributed by atoms with Gasteiger partial charge in [0, 0.05) is 56.2 Å². The fraction of sp³-hybridized carbons (Fsp3) is 0.125. The van der Waals surface area contributed by atoms with Gasteiger partial charge in [-0.25, -0.2) is 4.98 Å². The summed E-state index contributed by atoms with van der Waals surface area (Å²) in [5.41, 5.74) is 11.8. The van der Waals surface area contributed by atoms with Gasteiger partial charge < -0.3 is 26.0 Å². The van der Waals surface area contributed by atoms with Crippen molar-refractivity contribution in [2.45, 2.75) is 12.0 Å². The number of benzene rings is 2. The lowest BCUT2D eigenvalue weighted by Gasteiger charge is -2.29. The highest BCUT2D eigenvalue weighted by Gasteiger charge is 2.43. The lowest BCUT2D eigenvalue weighted by atomic mass is 9.88. The molecule has 1 aliphatic carbocycles. The minimum atomic E-state index is -0.645. The van der Waals surface area contributed by atoms with Gasteiger partial charge in [-0.3, -0.25) is 9.79 Å². The van der Waals surface area contributed by atoms with Crippen LogP contribution in [0, 0.1) is 0 Å². The molecule has 6 N–H and O–H groups in total. The van der Waals surface area contributed by atoms with Crippen LogP contribution >= 0.6 is 15.9 Å². The van der Waals surface area contributed by atoms with Crippen LogP contribution in [-0.4, -0.2) is 32.4 Å². The molecule has 0 bridgehead atoms. The van der Waals surface area contributed by atoms with Crippen molar-refractivity contribution in [3.63, 3.8) is 0 Å². The normalized spacial score (nSPS) is 19.0. The van der Waals surface area contributed by atoms with E-state index in [2.05, 4.69) is 47.3 Å². The van der Waals surface area contributed by atoms with Gasteiger partial charge in [0.2, 0.25) is 0 Å². The molecule has 1 unspecified atom stereocenters. The summed E-state index contributed by atoms with van der Waals surface area (Å²) in [5, 5.41) is 5.41. The smallest absolute Gasteiger partial charge is 0.275 e. The Bertz CT molecular complexity index is 1710. The minimum Gasteiger partial charge on any atom is -0.370 e. The quantitative estimate of drug-likeness (QED) is 0.241. The second-order valence-electron chi connectivity index (χ2n) is 8.66. The highest BCUT2D eigenvalue weighted by molar-refractivity contribution is 9.10. The van der Waals surface area contributed by atoms with Crippen molar-refractivity contribution in [1.82, 2.24) is 25.3 Å². The number of nitrogens with zero attached hydrogens (tertiary/aromatic N) is 2. The fourth-order valence-corrected chi connectivity index (χ4v) is 5.62. The summed E-state index contributed by atoms with van der Waals surface area (Å²) in [6, 6.07) is 12.1. The molecular formula is C24H18BrN7O. The van der Waals surface area contributed by atoms with Gasteiger partial charge in [-0.15, -0.1) is 0 Å². The summed E-state index contributed by atoms with van der Waals surface area (Å²) < 4.78 is 0.961. The van der Waals surface area contributed by atoms with E-state index in [-0.39, 0.29) is 5.56 Å². The topological polar surface area (TPSA) is 128 Å². The number of aromatic nitrogens is 4. The molecule has 3 aromatic heterocycles. The fourth-order valence-electron chi connectivity index (χ4n) is 5.26. The van der Waals surface area contributed by atoms with Gasteiger partial charge in [0.05, 0.1) is 17.9 Å². The lowest BCUT2D eigenvalue weighted by Crippen LogP contribution is -2.48. The molecule has 4 heterocycles. The molecule has 5 aromatic rings. The van der Waals surface area contributed by atoms with Crippen LogP contribution in [0.4, 0.5) is 0 Å². The third-order valence-corrected chi connectivity index (χ3v) is 7.20. The van der Waals surface area contributed by atoms with E-state index in [1.807, 2.05) is 42.7 Å². The summed E-state index contributed by atoms with van der Waals surface area (Å²) in [7, 11) is 0. The van der Waals surface area contributed by atoms with Crippen molar-refractivity contribution in [1.29, 1.82) is 0 Å². The summed E-state index contributed by atoms with van der Waals surface area (Å²) in [6.07, 6.45) is 4.41. The number of rotatable bonds is 1. The minimum absolute atomic E-state index is 0.242. The molecule has 0 saturated carbocycles. The zero-order valence-electron chi connectivity index (χ0n) is 17.3. The van der Waals surface area contributed by atoms with E-state index in [0.717, 1.165) is 48.7 Å². The second-order valence-corrected chi connectivity index (χ2v) is 9.57. The maximum absolute atomic E-state index is 13.4. The Morgan fingerprint density at radius 2 is 1.91 bits per heavy atom. The molecule has 162 valence electrons. The summed E-state index contributed by atoms with van der Waals surface area (Å²) in [6.45, 7) is 0.440. The molecule has 2 aromatic carbocycles. The van der Waals surface area contributed by atoms with Crippen LogP contribution in [0.3, 0.4) is 0 Å². The summed E-state index contributed by atoms with van der Waals surface area (Å²) in [4.78, 5) is 32.7. The Morgan fingerprint density at radius 3 is 2.76 bits per heavy atom. The summed E-state index contributed by atoms with van der Waals surface area (Å²) in [5.74, 6) is 0.382. The molecular weight excluding hydrogens is 482 g/mol. The molecule has 1 aliphatic heterocycles. The second kappa shape index (κ2) is 6.35. The van der Waals surface area contributed by atoms with Gasteiger partial charge in [0.15, 0.2) is 5.96 Å². The van der Waals surface area contributed by atoms with Crippen LogP contribution in [-0.2, 0) is 12.0 Å². The van der Waals surface area contributed by atoms with Crippen molar-refractivity contribution in [2.24, 2.45) is 10.7 Å². The van der Waals surface area contributed by atoms with Crippen LogP contribution in [0.5, 0.6) is 0 Å². The Labute approximate surface area is 195 Å². The molecule has 0 amide bonds. The maximum atomic E-state index is 13.4. The van der Waals surface area contributed by atoms with Crippen molar-refractivity contribution >= 4 is 43.7 Å². The first-order valence-corrected chi connectivity index (χ1v) is 11.4. The molecule has 0 saturated heterocycles. The van der Waals surface area contributed by atoms with Gasteiger partial charge in [0.25, 0.3) is 5.56 Å². The molecule has 33 heavy (non-hydrogen) atoms. The molecule has 1 spiro atoms. The average molecular weight is 500 g/mol. The lowest BCUT2D eigenvalue weighted by molar-refractivity contribution is 0.417. The third-order valence-electron chi connectivity index (χ3n) is 6.71. The van der Waals surface area contributed by atoms with Crippen LogP contribution in [0.2, 0.25) is 0 Å². The molecule has 7 rings (SSSR count). The van der Waals surface area contributed by atoms with Crippen molar-refractivity contribution in [3.8, 4) is 22.5 Å². The Hall–Kier alpha value is -3.85. The maximum Gasteiger partial charge on any atom is 0.275 e. The average Bonchev–Trinajstić information content (AvgIpc) is 3.49. The number of hydrogen-bond donors (Lipinski definition) is 5. The Kier molecular flexibility index (Phi) is 3.60. The highest BCUT2D eigenvalue weighted by Crippen LogP contribution is 2.43. The number of guanidine groups is 1. The van der Waals surface area contributed by atoms with E-state index in [0.29, 0.717) is 30.3 Å². The van der Waals surface area contributed by atoms with Crippen LogP contribution in [0.25, 0.3) is 44.3 Å². The molecule has 1 atom stereocenters. The zero-order chi connectivity index (χ0) is 22.3. The van der Waals surface area contributed by atoms with E-state index >= 15 is 0 Å². The van der Waals surface area contributed by atoms with Crippen molar-refractivity contribution in [3.05, 3.63) is 74.9 Å². The van der Waals surface area contributed by atoms with Gasteiger partial charge >= 0.3 is 0 Å². The van der Waals surface area contributed by atoms with E-state index in [9.17, 15) is 4.79 Å². The predicted octanol–water partition coefficient (Wildman–Crippen LogP) is 3.50. The van der Waals surface area contributed by atoms with E-state index < -0.39 is 5.54 Å². The number of aliphatic imine (C=N–C) groups is 1. The first-order valence-electron chi connectivity index (χ1n) is 10.6. The molecule has 8 nitrogen and oxygen atoms in total. The zero-order valence-corrected chi connectivity index (χ0v) is 18.9. The number of nitrogens with two attached hydrogens (primary N) is 1. The van der Waals surface area contributed by atoms with Crippen LogP contribution in [0.15, 0.2) is 63.1 Å². The third kappa shape index (κ3) is 2.53. The molecule has 0 radical (unpaired) electrons. The highest BCUT2D eigenvalue weighted by atomic mass is 79.9. The SMILES string of the molecule is NC1=NCC2(Cc3cccc4[nH]cc(c34)-c3[nH]c(=O)c(-c4c[nH]c5cc(Br)ccc45)nc32)N1. The van der Waals surface area contributed by atoms with E-state index in [4.69, 9.17) is 10.7 Å². The van der Waals surface area contributed by atoms with Crippen molar-refractivity contribution in [2.75, 3.05) is 6.54 Å². The molecule has 2 aliphatic rings. The monoisotopic (exact) mass is 499 g/mol. The van der Waals surface area contributed by atoms with E-state index in [1.54, 1.807) is 0 Å². The molecule has 0 fully saturated rings. The van der Waals surface area contributed by atoms with Crippen molar-refractivity contribution < 1.29 is 0 Å². The number of aromatic amines is 3. The first kappa shape index (κ1) is 18.7. The molecule has 9 heteroatoms. The van der Waals surface area contributed by atoms with Crippen LogP contribution in [0.1, 0.15) is 11.3 Å².